The maximum Gasteiger partial charge on any atom is 0.311 e. The Bertz CT molecular complexity index is 1090. The van der Waals surface area contributed by atoms with E-state index in [1.807, 2.05) is 48.5 Å². The van der Waals surface area contributed by atoms with Gasteiger partial charge in [0.05, 0.1) is 13.0 Å². The summed E-state index contributed by atoms with van der Waals surface area (Å²) in [5.41, 5.74) is 4.70. The third-order valence-corrected chi connectivity index (χ3v) is 5.44. The van der Waals surface area contributed by atoms with Gasteiger partial charge in [-0.25, -0.2) is 0 Å². The van der Waals surface area contributed by atoms with Gasteiger partial charge in [-0.15, -0.1) is 0 Å². The molecule has 0 fully saturated rings. The largest absolute Gasteiger partial charge is 0.469 e. The lowest BCUT2D eigenvalue weighted by molar-refractivity contribution is -0.146. The van der Waals surface area contributed by atoms with Crippen molar-refractivity contribution in [2.75, 3.05) is 7.11 Å². The smallest absolute Gasteiger partial charge is 0.311 e. The van der Waals surface area contributed by atoms with Crippen molar-refractivity contribution >= 4 is 17.6 Å². The van der Waals surface area contributed by atoms with E-state index in [-0.39, 0.29) is 11.9 Å². The van der Waals surface area contributed by atoms with Gasteiger partial charge in [0.2, 0.25) is 0 Å². The van der Waals surface area contributed by atoms with E-state index in [2.05, 4.69) is 10.3 Å². The van der Waals surface area contributed by atoms with E-state index in [0.29, 0.717) is 17.7 Å². The lowest BCUT2D eigenvalue weighted by Crippen LogP contribution is -2.42. The van der Waals surface area contributed by atoms with Crippen LogP contribution < -0.4 is 5.32 Å². The normalized spacial score (nSPS) is 12.5. The van der Waals surface area contributed by atoms with Crippen LogP contribution in [-0.2, 0) is 16.0 Å². The molecule has 1 unspecified atom stereocenters. The number of ether oxygens (including phenoxy) is 1. The van der Waals surface area contributed by atoms with E-state index in [9.17, 15) is 9.59 Å². The van der Waals surface area contributed by atoms with E-state index in [0.717, 1.165) is 22.3 Å². The third kappa shape index (κ3) is 5.66. The van der Waals surface area contributed by atoms with E-state index < -0.39 is 12.0 Å². The van der Waals surface area contributed by atoms with Crippen LogP contribution >= 0.6 is 0 Å². The monoisotopic (exact) mass is 429 g/mol. The van der Waals surface area contributed by atoms with Crippen LogP contribution in [0.2, 0.25) is 0 Å². The number of pyridine rings is 1. The van der Waals surface area contributed by atoms with Crippen molar-refractivity contribution in [1.82, 2.24) is 10.3 Å². The lowest BCUT2D eigenvalue weighted by Gasteiger charge is -2.23. The molecule has 2 atom stereocenters. The molecule has 0 aliphatic rings. The van der Waals surface area contributed by atoms with E-state index in [1.165, 1.54) is 7.11 Å². The second-order valence-corrected chi connectivity index (χ2v) is 7.73. The average molecular weight is 430 g/mol. The van der Waals surface area contributed by atoms with Crippen LogP contribution in [0.4, 0.5) is 0 Å². The van der Waals surface area contributed by atoms with E-state index >= 15 is 0 Å². The highest BCUT2D eigenvalue weighted by molar-refractivity contribution is 5.96. The Morgan fingerprint density at radius 2 is 1.66 bits per heavy atom. The van der Waals surface area contributed by atoms with Gasteiger partial charge in [0.15, 0.2) is 0 Å². The average Bonchev–Trinajstić information content (AvgIpc) is 2.82. The third-order valence-electron chi connectivity index (χ3n) is 5.44. The quantitative estimate of drug-likeness (QED) is 0.413. The highest BCUT2D eigenvalue weighted by Crippen LogP contribution is 2.20. The number of hydrogen-bond acceptors (Lipinski definition) is 5. The first-order valence-electron chi connectivity index (χ1n) is 10.4. The predicted molar refractivity (Wildman–Crippen MR) is 125 cm³/mol. The first-order valence-corrected chi connectivity index (χ1v) is 10.4. The van der Waals surface area contributed by atoms with Gasteiger partial charge in [0, 0.05) is 29.7 Å². The van der Waals surface area contributed by atoms with Crippen molar-refractivity contribution in [3.8, 4) is 11.1 Å². The van der Waals surface area contributed by atoms with Crippen LogP contribution in [0.25, 0.3) is 11.1 Å². The fourth-order valence-corrected chi connectivity index (χ4v) is 3.55. The van der Waals surface area contributed by atoms with E-state index in [1.54, 1.807) is 38.4 Å². The molecular formula is C26H27N3O3. The summed E-state index contributed by atoms with van der Waals surface area (Å²) in [7, 11) is 1.35. The van der Waals surface area contributed by atoms with Gasteiger partial charge >= 0.3 is 5.97 Å². The Labute approximate surface area is 188 Å². The molecule has 0 saturated heterocycles. The molecule has 6 heteroatoms. The lowest BCUT2D eigenvalue weighted by atomic mass is 9.91. The molecule has 0 aliphatic carbocycles. The number of amides is 1. The highest BCUT2D eigenvalue weighted by atomic mass is 16.5. The SMILES string of the molecule is COC(=O)[C@H](Cc1cccc(C(C)=N)c1)C(C)NC(=O)c1ccc(-c2ccncc2)cc1. The molecule has 32 heavy (non-hydrogen) atoms. The summed E-state index contributed by atoms with van der Waals surface area (Å²) in [5.74, 6) is -1.19. The summed E-state index contributed by atoms with van der Waals surface area (Å²) in [6.07, 6.45) is 3.85. The Morgan fingerprint density at radius 3 is 2.28 bits per heavy atom. The minimum Gasteiger partial charge on any atom is -0.469 e. The minimum atomic E-state index is -0.554. The van der Waals surface area contributed by atoms with Gasteiger partial charge in [0.25, 0.3) is 5.91 Å². The van der Waals surface area contributed by atoms with Gasteiger partial charge in [-0.05, 0) is 72.9 Å². The van der Waals surface area contributed by atoms with Crippen LogP contribution in [0, 0.1) is 11.3 Å². The second-order valence-electron chi connectivity index (χ2n) is 7.73. The first kappa shape index (κ1) is 22.9. The molecule has 3 aromatic rings. The van der Waals surface area contributed by atoms with Crippen molar-refractivity contribution < 1.29 is 14.3 Å². The van der Waals surface area contributed by atoms with Gasteiger partial charge in [-0.3, -0.25) is 14.6 Å². The van der Waals surface area contributed by atoms with Gasteiger partial charge in [-0.2, -0.15) is 0 Å². The number of hydrogen-bond donors (Lipinski definition) is 2. The van der Waals surface area contributed by atoms with Gasteiger partial charge < -0.3 is 15.5 Å². The topological polar surface area (TPSA) is 92.1 Å². The molecule has 0 aliphatic heterocycles. The number of benzene rings is 2. The standard InChI is InChI=1S/C26H27N3O3/c1-17(27)23-6-4-5-19(15-23)16-24(26(31)32-3)18(2)29-25(30)22-9-7-20(8-10-22)21-11-13-28-14-12-21/h4-15,18,24,27H,16H2,1-3H3,(H,29,30)/t18?,24-/m1/s1. The van der Waals surface area contributed by atoms with Crippen molar-refractivity contribution in [2.24, 2.45) is 5.92 Å². The molecule has 0 saturated carbocycles. The van der Waals surface area contributed by atoms with Crippen molar-refractivity contribution in [2.45, 2.75) is 26.3 Å². The number of nitrogens with one attached hydrogen (secondary N) is 2. The number of nitrogens with zero attached hydrogens (tertiary/aromatic N) is 1. The molecule has 2 aromatic carbocycles. The molecule has 164 valence electrons. The zero-order valence-electron chi connectivity index (χ0n) is 18.5. The minimum absolute atomic E-state index is 0.253. The number of carbonyl (C=O) groups is 2. The zero-order valence-corrected chi connectivity index (χ0v) is 18.5. The Morgan fingerprint density at radius 1 is 1.00 bits per heavy atom. The zero-order chi connectivity index (χ0) is 23.1. The van der Waals surface area contributed by atoms with Gasteiger partial charge in [0.1, 0.15) is 0 Å². The summed E-state index contributed by atoms with van der Waals surface area (Å²) >= 11 is 0. The molecule has 6 nitrogen and oxygen atoms in total. The van der Waals surface area contributed by atoms with Crippen LogP contribution in [-0.4, -0.2) is 35.7 Å². The number of carbonyl (C=O) groups excluding carboxylic acids is 2. The van der Waals surface area contributed by atoms with E-state index in [4.69, 9.17) is 10.1 Å². The molecule has 3 rings (SSSR count). The van der Waals surface area contributed by atoms with Crippen molar-refractivity contribution in [3.63, 3.8) is 0 Å². The van der Waals surface area contributed by atoms with Crippen LogP contribution in [0.15, 0.2) is 73.1 Å². The molecule has 1 aromatic heterocycles. The molecule has 2 N–H and O–H groups in total. The van der Waals surface area contributed by atoms with Crippen molar-refractivity contribution in [3.05, 3.63) is 89.7 Å². The second kappa shape index (κ2) is 10.5. The fourth-order valence-electron chi connectivity index (χ4n) is 3.55. The summed E-state index contributed by atoms with van der Waals surface area (Å²) in [5, 5.41) is 10.8. The number of rotatable bonds is 8. The van der Waals surface area contributed by atoms with Crippen molar-refractivity contribution in [1.29, 1.82) is 5.41 Å². The molecule has 1 heterocycles. The Kier molecular flexibility index (Phi) is 7.49. The fraction of sp³-hybridized carbons (Fsp3) is 0.231. The Balaban J connectivity index is 1.72. The predicted octanol–water partition coefficient (Wildman–Crippen LogP) is 4.29. The maximum absolute atomic E-state index is 12.8. The van der Waals surface area contributed by atoms with Crippen LogP contribution in [0.1, 0.15) is 35.3 Å². The van der Waals surface area contributed by atoms with Gasteiger partial charge in [-0.1, -0.05) is 30.3 Å². The summed E-state index contributed by atoms with van der Waals surface area (Å²) < 4.78 is 5.00. The highest BCUT2D eigenvalue weighted by Gasteiger charge is 2.28. The summed E-state index contributed by atoms with van der Waals surface area (Å²) in [6, 6.07) is 18.2. The maximum atomic E-state index is 12.8. The van der Waals surface area contributed by atoms with Crippen LogP contribution in [0.3, 0.4) is 0 Å². The molecule has 0 radical (unpaired) electrons. The summed E-state index contributed by atoms with van der Waals surface area (Å²) in [6.45, 7) is 3.52. The Hall–Kier alpha value is -3.80. The molecule has 0 spiro atoms. The molecule has 1 amide bonds. The number of esters is 1. The summed E-state index contributed by atoms with van der Waals surface area (Å²) in [4.78, 5) is 29.3. The molecular weight excluding hydrogens is 402 g/mol. The number of methoxy groups -OCH3 is 1. The van der Waals surface area contributed by atoms with Crippen LogP contribution in [0.5, 0.6) is 0 Å². The number of aromatic nitrogens is 1. The first-order chi connectivity index (χ1) is 15.4. The molecule has 0 bridgehead atoms.